The molecular formula is C62H118O8. The van der Waals surface area contributed by atoms with Crippen LogP contribution < -0.4 is 0 Å². The van der Waals surface area contributed by atoms with Crippen molar-refractivity contribution in [3.05, 3.63) is 0 Å². The Labute approximate surface area is 434 Å². The summed E-state index contributed by atoms with van der Waals surface area (Å²) in [6, 6.07) is 0. The summed E-state index contributed by atoms with van der Waals surface area (Å²) in [7, 11) is 0. The maximum atomic E-state index is 13.4. The molecule has 2 unspecified atom stereocenters. The third-order valence-corrected chi connectivity index (χ3v) is 14.7. The third kappa shape index (κ3) is 47.1. The van der Waals surface area contributed by atoms with Crippen molar-refractivity contribution in [2.24, 2.45) is 5.92 Å². The molecule has 0 bridgehead atoms. The molecule has 0 aliphatic heterocycles. The molecular weight excluding hydrogens is 873 g/mol. The Morgan fingerprint density at radius 3 is 0.871 bits per heavy atom. The number of aliphatic hydroxyl groups is 1. The van der Waals surface area contributed by atoms with Crippen molar-refractivity contribution < 1.29 is 38.5 Å². The number of carbonyl (C=O) groups excluding carboxylic acids is 4. The third-order valence-electron chi connectivity index (χ3n) is 14.7. The van der Waals surface area contributed by atoms with Crippen LogP contribution in [0.3, 0.4) is 0 Å². The quantitative estimate of drug-likeness (QED) is 0.0364. The van der Waals surface area contributed by atoms with E-state index in [1.807, 2.05) is 0 Å². The number of esters is 3. The lowest BCUT2D eigenvalue weighted by Gasteiger charge is -2.25. The molecule has 2 atom stereocenters. The summed E-state index contributed by atoms with van der Waals surface area (Å²) in [4.78, 5) is 52.1. The molecule has 0 saturated heterocycles. The van der Waals surface area contributed by atoms with Crippen LogP contribution in [0.4, 0.5) is 0 Å². The van der Waals surface area contributed by atoms with Crippen LogP contribution in [0, 0.1) is 5.92 Å². The first kappa shape index (κ1) is 68.0. The Morgan fingerprint density at radius 2 is 0.586 bits per heavy atom. The fraction of sp³-hybridized carbons (Fsp3) is 0.935. The van der Waals surface area contributed by atoms with Crippen LogP contribution in [0.2, 0.25) is 0 Å². The number of rotatable bonds is 57. The largest absolute Gasteiger partial charge is 0.466 e. The molecule has 0 radical (unpaired) electrons. The molecule has 0 aromatic carbocycles. The van der Waals surface area contributed by atoms with Crippen LogP contribution in [-0.2, 0) is 33.4 Å². The van der Waals surface area contributed by atoms with Gasteiger partial charge in [-0.3, -0.25) is 14.4 Å². The molecule has 0 aromatic heterocycles. The van der Waals surface area contributed by atoms with Crippen LogP contribution in [0.1, 0.15) is 342 Å². The number of carbonyl (C=O) groups is 4. The maximum absolute atomic E-state index is 13.4. The van der Waals surface area contributed by atoms with E-state index in [1.54, 1.807) is 0 Å². The minimum absolute atomic E-state index is 0.0476. The van der Waals surface area contributed by atoms with Crippen molar-refractivity contribution in [1.82, 2.24) is 0 Å². The first-order valence-electron chi connectivity index (χ1n) is 30.9. The monoisotopic (exact) mass is 991 g/mol. The molecule has 1 N–H and O–H groups in total. The second-order valence-corrected chi connectivity index (χ2v) is 21.7. The zero-order valence-corrected chi connectivity index (χ0v) is 47.2. The topological polar surface area (TPSA) is 116 Å². The van der Waals surface area contributed by atoms with E-state index < -0.39 is 42.3 Å². The zero-order chi connectivity index (χ0) is 51.3. The maximum Gasteiger partial charge on any atom is 0.339 e. The van der Waals surface area contributed by atoms with Gasteiger partial charge in [0, 0.05) is 0 Å². The van der Waals surface area contributed by atoms with E-state index in [9.17, 15) is 24.3 Å². The van der Waals surface area contributed by atoms with Gasteiger partial charge in [-0.25, -0.2) is 4.79 Å². The Kier molecular flexibility index (Phi) is 51.8. The van der Waals surface area contributed by atoms with E-state index >= 15 is 0 Å². The molecule has 0 aliphatic carbocycles. The van der Waals surface area contributed by atoms with Crippen LogP contribution in [0.15, 0.2) is 0 Å². The summed E-state index contributed by atoms with van der Waals surface area (Å²) >= 11 is 0. The van der Waals surface area contributed by atoms with Gasteiger partial charge in [0.25, 0.3) is 0 Å². The number of ether oxygens (including phenoxy) is 3. The van der Waals surface area contributed by atoms with Gasteiger partial charge in [0.05, 0.1) is 32.0 Å². The van der Waals surface area contributed by atoms with Gasteiger partial charge in [0.2, 0.25) is 0 Å². The highest BCUT2D eigenvalue weighted by Gasteiger charge is 2.43. The zero-order valence-electron chi connectivity index (χ0n) is 47.2. The molecule has 0 amide bonds. The van der Waals surface area contributed by atoms with Crippen LogP contribution >= 0.6 is 0 Å². The smallest absolute Gasteiger partial charge is 0.339 e. The lowest BCUT2D eigenvalue weighted by atomic mass is 9.95. The summed E-state index contributed by atoms with van der Waals surface area (Å²) in [5.41, 5.74) is -2.40. The predicted molar refractivity (Wildman–Crippen MR) is 295 cm³/mol. The summed E-state index contributed by atoms with van der Waals surface area (Å²) < 4.78 is 16.5. The fourth-order valence-corrected chi connectivity index (χ4v) is 9.75. The minimum Gasteiger partial charge on any atom is -0.466 e. The first-order chi connectivity index (χ1) is 34.2. The second-order valence-electron chi connectivity index (χ2n) is 21.7. The van der Waals surface area contributed by atoms with Gasteiger partial charge in [0.15, 0.2) is 5.60 Å². The highest BCUT2D eigenvalue weighted by atomic mass is 16.6. The van der Waals surface area contributed by atoms with E-state index in [0.717, 1.165) is 51.4 Å². The average Bonchev–Trinajstić information content (AvgIpc) is 3.34. The lowest BCUT2D eigenvalue weighted by Crippen LogP contribution is -2.45. The van der Waals surface area contributed by atoms with Gasteiger partial charge >= 0.3 is 17.9 Å². The molecule has 0 rings (SSSR count). The Balaban J connectivity index is 4.70. The highest BCUT2D eigenvalue weighted by molar-refractivity contribution is 5.90. The SMILES string of the molecule is CCCCCCCCCCCCCCCCCCOC(=O)CC(O)(CC(=O)OCC(CCCCCCCCCCCCCCCC)C(C)=O)C(=O)OCCCCCCCCCCCCCCCCCC. The highest BCUT2D eigenvalue weighted by Crippen LogP contribution is 2.23. The standard InChI is InChI=1S/C62H118O8/c1-5-8-11-14-17-20-23-26-29-31-34-37-40-43-46-49-52-68-59(64)54-62(67,61(66)69-53-50-47-44-41-38-35-32-30-27-24-21-18-15-12-9-6-2)55-60(65)70-56-58(57(4)63)51-48-45-42-39-36-33-28-25-22-19-16-13-10-7-3/h58,67H,5-56H2,1-4H3. The molecule has 0 heterocycles. The van der Waals surface area contributed by atoms with E-state index in [0.29, 0.717) is 19.3 Å². The Hall–Kier alpha value is -1.96. The van der Waals surface area contributed by atoms with Crippen molar-refractivity contribution >= 4 is 23.7 Å². The number of Topliss-reactive ketones (excluding diaryl/α,β-unsaturated/α-hetero) is 1. The normalized spacial score (nSPS) is 12.8. The van der Waals surface area contributed by atoms with Crippen molar-refractivity contribution in [3.63, 3.8) is 0 Å². The molecule has 0 aliphatic rings. The van der Waals surface area contributed by atoms with Crippen LogP contribution in [-0.4, -0.2) is 54.2 Å². The minimum atomic E-state index is -2.40. The summed E-state index contributed by atoms with van der Waals surface area (Å²) in [6.45, 7) is 8.51. The van der Waals surface area contributed by atoms with E-state index in [1.165, 1.54) is 238 Å². The Bertz CT molecular complexity index is 1160. The molecule has 0 fully saturated rings. The number of hydrogen-bond acceptors (Lipinski definition) is 8. The summed E-state index contributed by atoms with van der Waals surface area (Å²) in [5.74, 6) is -3.07. The van der Waals surface area contributed by atoms with Gasteiger partial charge in [-0.2, -0.15) is 0 Å². The molecule has 8 nitrogen and oxygen atoms in total. The van der Waals surface area contributed by atoms with Crippen molar-refractivity contribution in [1.29, 1.82) is 0 Å². The number of unbranched alkanes of at least 4 members (excludes halogenated alkanes) is 43. The molecule has 0 spiro atoms. The molecule has 8 heteroatoms. The van der Waals surface area contributed by atoms with Crippen LogP contribution in [0.5, 0.6) is 0 Å². The summed E-state index contributed by atoms with van der Waals surface area (Å²) in [6.07, 6.45) is 56.5. The van der Waals surface area contributed by atoms with Crippen molar-refractivity contribution in [2.75, 3.05) is 19.8 Å². The van der Waals surface area contributed by atoms with E-state index in [4.69, 9.17) is 14.2 Å². The summed E-state index contributed by atoms with van der Waals surface area (Å²) in [5, 5.41) is 11.6. The van der Waals surface area contributed by atoms with Crippen molar-refractivity contribution in [2.45, 2.75) is 348 Å². The second kappa shape index (κ2) is 53.3. The first-order valence-corrected chi connectivity index (χ1v) is 30.9. The molecule has 0 aromatic rings. The number of ketones is 1. The lowest BCUT2D eigenvalue weighted by molar-refractivity contribution is -0.178. The van der Waals surface area contributed by atoms with E-state index in [2.05, 4.69) is 20.8 Å². The van der Waals surface area contributed by atoms with E-state index in [-0.39, 0.29) is 25.6 Å². The van der Waals surface area contributed by atoms with Gasteiger partial charge in [0.1, 0.15) is 12.4 Å². The van der Waals surface area contributed by atoms with Gasteiger partial charge < -0.3 is 19.3 Å². The predicted octanol–water partition coefficient (Wildman–Crippen LogP) is 18.7. The Morgan fingerprint density at radius 1 is 0.343 bits per heavy atom. The van der Waals surface area contributed by atoms with Crippen molar-refractivity contribution in [3.8, 4) is 0 Å². The van der Waals surface area contributed by atoms with Gasteiger partial charge in [-0.15, -0.1) is 0 Å². The molecule has 414 valence electrons. The molecule has 0 saturated carbocycles. The van der Waals surface area contributed by atoms with Crippen LogP contribution in [0.25, 0.3) is 0 Å². The van der Waals surface area contributed by atoms with Gasteiger partial charge in [-0.05, 0) is 26.2 Å². The molecule has 70 heavy (non-hydrogen) atoms. The number of hydrogen-bond donors (Lipinski definition) is 1. The van der Waals surface area contributed by atoms with Gasteiger partial charge in [-0.1, -0.05) is 303 Å². The average molecular weight is 992 g/mol. The fourth-order valence-electron chi connectivity index (χ4n) is 9.75.